The van der Waals surface area contributed by atoms with E-state index in [9.17, 15) is 34.5 Å². The number of hydrogen-bond donors (Lipinski definition) is 3. The molecule has 406 valence electrons. The van der Waals surface area contributed by atoms with Gasteiger partial charge < -0.3 is 39.0 Å². The molecule has 1 heterocycles. The highest BCUT2D eigenvalue weighted by molar-refractivity contribution is 5.74. The molecule has 0 aromatic heterocycles. The zero-order valence-corrected chi connectivity index (χ0v) is 44.4. The Morgan fingerprint density at radius 1 is 0.479 bits per heavy atom. The first-order chi connectivity index (χ1) is 34.6. The van der Waals surface area contributed by atoms with Crippen LogP contribution < -0.4 is 0 Å². The van der Waals surface area contributed by atoms with Crippen molar-refractivity contribution in [2.45, 2.75) is 263 Å². The molecule has 0 bridgehead atoms. The minimum absolute atomic E-state index is 0.00486. The van der Waals surface area contributed by atoms with Crippen molar-refractivity contribution in [3.63, 3.8) is 0 Å². The topological polar surface area (TPSA) is 175 Å². The standard InChI is InChI=1S/C59H98O12/c1-4-7-10-13-16-19-22-24-26-28-31-33-36-39-42-45-51(60)67-48-50(69-52(61)46-43-40-37-34-30-21-18-15-12-9-6-3)49-68-59-57(55(64)54(63)56(71-59)58(65)66)70-53(62)47-44-41-38-35-32-29-27-25-23-20-17-14-11-8-5-2/h8,11,15,17-18,20,24-27,32,35,50,54-57,59,63-64H,4-7,9-10,12-14,16,19,21-23,28-31,33-34,36-49H2,1-3H3,(H,65,66)/b11-8-,18-15-,20-17-,26-24-,27-25-,35-32-. The summed E-state index contributed by atoms with van der Waals surface area (Å²) in [6.45, 7) is 5.78. The largest absolute Gasteiger partial charge is 0.479 e. The zero-order valence-electron chi connectivity index (χ0n) is 44.4. The fourth-order valence-corrected chi connectivity index (χ4v) is 7.92. The van der Waals surface area contributed by atoms with Gasteiger partial charge in [0.25, 0.3) is 0 Å². The van der Waals surface area contributed by atoms with E-state index >= 15 is 0 Å². The van der Waals surface area contributed by atoms with Crippen LogP contribution >= 0.6 is 0 Å². The third-order valence-electron chi connectivity index (χ3n) is 12.2. The predicted octanol–water partition coefficient (Wildman–Crippen LogP) is 13.8. The summed E-state index contributed by atoms with van der Waals surface area (Å²) >= 11 is 0. The monoisotopic (exact) mass is 999 g/mol. The molecule has 0 aromatic carbocycles. The number of ether oxygens (including phenoxy) is 5. The number of esters is 3. The predicted molar refractivity (Wildman–Crippen MR) is 285 cm³/mol. The lowest BCUT2D eigenvalue weighted by atomic mass is 9.98. The highest BCUT2D eigenvalue weighted by atomic mass is 16.7. The van der Waals surface area contributed by atoms with Gasteiger partial charge in [-0.3, -0.25) is 14.4 Å². The lowest BCUT2D eigenvalue weighted by Crippen LogP contribution is -2.61. The van der Waals surface area contributed by atoms with Crippen molar-refractivity contribution in [2.75, 3.05) is 13.2 Å². The average Bonchev–Trinajstić information content (AvgIpc) is 3.35. The van der Waals surface area contributed by atoms with E-state index in [-0.39, 0.29) is 25.9 Å². The first-order valence-electron chi connectivity index (χ1n) is 27.9. The van der Waals surface area contributed by atoms with Gasteiger partial charge in [-0.2, -0.15) is 0 Å². The van der Waals surface area contributed by atoms with Gasteiger partial charge in [0, 0.05) is 19.3 Å². The molecule has 1 aliphatic rings. The van der Waals surface area contributed by atoms with Crippen molar-refractivity contribution in [3.8, 4) is 0 Å². The number of carbonyl (C=O) groups excluding carboxylic acids is 3. The maximum absolute atomic E-state index is 13.1. The summed E-state index contributed by atoms with van der Waals surface area (Å²) in [7, 11) is 0. The van der Waals surface area contributed by atoms with Gasteiger partial charge in [0.15, 0.2) is 24.6 Å². The van der Waals surface area contributed by atoms with Gasteiger partial charge in [0.1, 0.15) is 18.8 Å². The molecule has 12 nitrogen and oxygen atoms in total. The van der Waals surface area contributed by atoms with Crippen LogP contribution in [0.25, 0.3) is 0 Å². The average molecular weight is 999 g/mol. The Morgan fingerprint density at radius 3 is 1.44 bits per heavy atom. The van der Waals surface area contributed by atoms with Crippen molar-refractivity contribution in [2.24, 2.45) is 0 Å². The third-order valence-corrected chi connectivity index (χ3v) is 12.2. The first kappa shape index (κ1) is 65.2. The van der Waals surface area contributed by atoms with Crippen molar-refractivity contribution < 1.29 is 58.2 Å². The number of aliphatic carboxylic acids is 1. The van der Waals surface area contributed by atoms with Gasteiger partial charge in [-0.15, -0.1) is 0 Å². The summed E-state index contributed by atoms with van der Waals surface area (Å²) in [5.41, 5.74) is 0. The Kier molecular flexibility index (Phi) is 43.3. The quantitative estimate of drug-likeness (QED) is 0.0228. The van der Waals surface area contributed by atoms with E-state index in [0.29, 0.717) is 25.7 Å². The molecule has 0 aliphatic carbocycles. The highest BCUT2D eigenvalue weighted by Gasteiger charge is 2.50. The summed E-state index contributed by atoms with van der Waals surface area (Å²) < 4.78 is 28.3. The summed E-state index contributed by atoms with van der Waals surface area (Å²) in [6.07, 6.45) is 46.0. The first-order valence-corrected chi connectivity index (χ1v) is 27.9. The molecular formula is C59H98O12. The minimum atomic E-state index is -1.92. The van der Waals surface area contributed by atoms with Crippen molar-refractivity contribution in [1.29, 1.82) is 0 Å². The van der Waals surface area contributed by atoms with Gasteiger partial charge in [0.05, 0.1) is 6.61 Å². The molecule has 1 rings (SSSR count). The number of unbranched alkanes of at least 4 members (excludes halogenated alkanes) is 20. The number of carboxylic acids is 1. The molecule has 1 saturated heterocycles. The number of carboxylic acid groups (broad SMARTS) is 1. The zero-order chi connectivity index (χ0) is 51.8. The number of aliphatic hydroxyl groups excluding tert-OH is 2. The molecule has 6 atom stereocenters. The Bertz CT molecular complexity index is 1510. The smallest absolute Gasteiger partial charge is 0.335 e. The number of carbonyl (C=O) groups is 4. The highest BCUT2D eigenvalue weighted by Crippen LogP contribution is 2.26. The van der Waals surface area contributed by atoms with Crippen LogP contribution in [0.3, 0.4) is 0 Å². The normalized spacial score (nSPS) is 19.0. The third kappa shape index (κ3) is 37.6. The maximum Gasteiger partial charge on any atom is 0.335 e. The van der Waals surface area contributed by atoms with Crippen molar-refractivity contribution >= 4 is 23.9 Å². The lowest BCUT2D eigenvalue weighted by Gasteiger charge is -2.40. The SMILES string of the molecule is CC/C=C\C/C=C\C/C=C\C/C=C\CCCCC(=O)OC1C(OCC(COC(=O)CCCCCCC/C=C\CCCCCCCC)OC(=O)CCCCCCC/C=C\CCCC)OC(C(=O)O)C(O)C1O. The van der Waals surface area contributed by atoms with E-state index in [4.69, 9.17) is 23.7 Å². The number of aliphatic hydroxyl groups is 2. The molecular weight excluding hydrogens is 901 g/mol. The van der Waals surface area contributed by atoms with Crippen LogP contribution in [0.4, 0.5) is 0 Å². The van der Waals surface area contributed by atoms with Crippen LogP contribution in [0.1, 0.15) is 226 Å². The molecule has 0 amide bonds. The molecule has 0 aromatic rings. The van der Waals surface area contributed by atoms with Gasteiger partial charge in [-0.05, 0) is 103 Å². The number of hydrogen-bond acceptors (Lipinski definition) is 11. The van der Waals surface area contributed by atoms with Gasteiger partial charge in [-0.25, -0.2) is 4.79 Å². The van der Waals surface area contributed by atoms with Crippen LogP contribution in [0.2, 0.25) is 0 Å². The Morgan fingerprint density at radius 2 is 0.901 bits per heavy atom. The molecule has 1 fully saturated rings. The van der Waals surface area contributed by atoms with Crippen molar-refractivity contribution in [1.82, 2.24) is 0 Å². The molecule has 0 spiro atoms. The van der Waals surface area contributed by atoms with Crippen LogP contribution in [-0.2, 0) is 42.9 Å². The molecule has 3 N–H and O–H groups in total. The van der Waals surface area contributed by atoms with Gasteiger partial charge in [-0.1, -0.05) is 177 Å². The van der Waals surface area contributed by atoms with E-state index in [0.717, 1.165) is 109 Å². The minimum Gasteiger partial charge on any atom is -0.479 e. The second kappa shape index (κ2) is 47.2. The van der Waals surface area contributed by atoms with Crippen LogP contribution in [0, 0.1) is 0 Å². The number of allylic oxidation sites excluding steroid dienone is 12. The van der Waals surface area contributed by atoms with E-state index in [2.05, 4.69) is 93.7 Å². The van der Waals surface area contributed by atoms with E-state index in [1.807, 2.05) is 0 Å². The molecule has 12 heteroatoms. The lowest BCUT2D eigenvalue weighted by molar-refractivity contribution is -0.301. The molecule has 0 saturated carbocycles. The van der Waals surface area contributed by atoms with Crippen LogP contribution in [-0.4, -0.2) is 89.2 Å². The summed E-state index contributed by atoms with van der Waals surface area (Å²) in [6, 6.07) is 0. The van der Waals surface area contributed by atoms with Gasteiger partial charge >= 0.3 is 23.9 Å². The summed E-state index contributed by atoms with van der Waals surface area (Å²) in [5, 5.41) is 31.4. The summed E-state index contributed by atoms with van der Waals surface area (Å²) in [5.74, 6) is -3.20. The second-order valence-corrected chi connectivity index (χ2v) is 18.8. The van der Waals surface area contributed by atoms with E-state index in [1.165, 1.54) is 51.4 Å². The van der Waals surface area contributed by atoms with Crippen molar-refractivity contribution in [3.05, 3.63) is 72.9 Å². The second-order valence-electron chi connectivity index (χ2n) is 18.8. The number of rotatable bonds is 46. The van der Waals surface area contributed by atoms with Gasteiger partial charge in [0.2, 0.25) is 0 Å². The maximum atomic E-state index is 13.1. The van der Waals surface area contributed by atoms with E-state index in [1.54, 1.807) is 0 Å². The molecule has 1 aliphatic heterocycles. The molecule has 6 unspecified atom stereocenters. The van der Waals surface area contributed by atoms with Crippen LogP contribution in [0.15, 0.2) is 72.9 Å². The van der Waals surface area contributed by atoms with E-state index < -0.39 is 67.3 Å². The Balaban J connectivity index is 2.74. The Labute approximate surface area is 429 Å². The molecule has 0 radical (unpaired) electrons. The van der Waals surface area contributed by atoms with Crippen LogP contribution in [0.5, 0.6) is 0 Å². The fourth-order valence-electron chi connectivity index (χ4n) is 7.92. The Hall–Kier alpha value is -3.84. The fraction of sp³-hybridized carbons (Fsp3) is 0.729. The molecule has 71 heavy (non-hydrogen) atoms. The summed E-state index contributed by atoms with van der Waals surface area (Å²) in [4.78, 5) is 50.9.